The number of amides is 1. The van der Waals surface area contributed by atoms with E-state index in [1.165, 1.54) is 13.2 Å². The zero-order chi connectivity index (χ0) is 17.9. The Morgan fingerprint density at radius 3 is 2.29 bits per heavy atom. The summed E-state index contributed by atoms with van der Waals surface area (Å²) in [5, 5.41) is 9.00. The zero-order valence-corrected chi connectivity index (χ0v) is 14.4. The lowest BCUT2D eigenvalue weighted by atomic mass is 10.2. The first kappa shape index (κ1) is 17.8. The number of methoxy groups -OCH3 is 1. The summed E-state index contributed by atoms with van der Waals surface area (Å²) < 4.78 is 10.6. The van der Waals surface area contributed by atoms with E-state index in [4.69, 9.17) is 14.6 Å². The second-order valence-electron chi connectivity index (χ2n) is 6.48. The first-order chi connectivity index (χ1) is 11.2. The Bertz CT molecular complexity index is 619. The molecule has 0 aliphatic carbocycles. The van der Waals surface area contributed by atoms with Gasteiger partial charge in [0.1, 0.15) is 11.3 Å². The van der Waals surface area contributed by atoms with Gasteiger partial charge in [-0.15, -0.1) is 0 Å². The van der Waals surface area contributed by atoms with Crippen LogP contribution in [-0.4, -0.2) is 65.9 Å². The monoisotopic (exact) mass is 337 g/mol. The molecule has 1 fully saturated rings. The van der Waals surface area contributed by atoms with E-state index in [1.54, 1.807) is 11.0 Å². The van der Waals surface area contributed by atoms with Gasteiger partial charge in [0.2, 0.25) is 5.88 Å². The average Bonchev–Trinajstić information content (AvgIpc) is 2.52. The van der Waals surface area contributed by atoms with Crippen molar-refractivity contribution in [1.29, 1.82) is 0 Å². The molecule has 0 spiro atoms. The Labute approximate surface area is 141 Å². The van der Waals surface area contributed by atoms with Crippen molar-refractivity contribution in [2.75, 3.05) is 38.2 Å². The Kier molecular flexibility index (Phi) is 5.16. The third-order valence-electron chi connectivity index (χ3n) is 3.52. The van der Waals surface area contributed by atoms with Crippen LogP contribution in [0.15, 0.2) is 12.1 Å². The lowest BCUT2D eigenvalue weighted by molar-refractivity contribution is 0.0240. The van der Waals surface area contributed by atoms with E-state index >= 15 is 0 Å². The summed E-state index contributed by atoms with van der Waals surface area (Å²) in [5.74, 6) is -0.838. The van der Waals surface area contributed by atoms with E-state index in [-0.39, 0.29) is 17.7 Å². The summed E-state index contributed by atoms with van der Waals surface area (Å²) in [4.78, 5) is 30.8. The predicted octanol–water partition coefficient (Wildman–Crippen LogP) is 1.85. The van der Waals surface area contributed by atoms with Crippen molar-refractivity contribution in [3.63, 3.8) is 0 Å². The molecule has 1 amide bonds. The summed E-state index contributed by atoms with van der Waals surface area (Å²) in [6.07, 6.45) is -0.325. The van der Waals surface area contributed by atoms with E-state index in [2.05, 4.69) is 4.98 Å². The zero-order valence-electron chi connectivity index (χ0n) is 14.4. The summed E-state index contributed by atoms with van der Waals surface area (Å²) in [7, 11) is 1.45. The third-order valence-corrected chi connectivity index (χ3v) is 3.52. The molecule has 0 radical (unpaired) electrons. The lowest BCUT2D eigenvalue weighted by Gasteiger charge is -2.36. The highest BCUT2D eigenvalue weighted by Crippen LogP contribution is 2.27. The number of carboxylic acids is 1. The Morgan fingerprint density at radius 1 is 1.17 bits per heavy atom. The number of hydrogen-bond donors (Lipinski definition) is 1. The highest BCUT2D eigenvalue weighted by Gasteiger charge is 2.27. The fraction of sp³-hybridized carbons (Fsp3) is 0.562. The van der Waals surface area contributed by atoms with Gasteiger partial charge in [-0.1, -0.05) is 0 Å². The molecular formula is C16H23N3O5. The fourth-order valence-electron chi connectivity index (χ4n) is 2.40. The number of pyridine rings is 1. The van der Waals surface area contributed by atoms with Crippen LogP contribution < -0.4 is 9.64 Å². The van der Waals surface area contributed by atoms with Gasteiger partial charge < -0.3 is 24.4 Å². The molecule has 24 heavy (non-hydrogen) atoms. The minimum atomic E-state index is -1.10. The Morgan fingerprint density at radius 2 is 1.79 bits per heavy atom. The van der Waals surface area contributed by atoms with E-state index in [1.807, 2.05) is 25.7 Å². The molecule has 2 rings (SSSR count). The number of carbonyl (C=O) groups excluding carboxylic acids is 1. The van der Waals surface area contributed by atoms with Gasteiger partial charge in [-0.05, 0) is 32.9 Å². The van der Waals surface area contributed by atoms with Gasteiger partial charge in [0, 0.05) is 26.2 Å². The summed E-state index contributed by atoms with van der Waals surface area (Å²) in [5.41, 5.74) is 0.128. The molecule has 0 saturated carbocycles. The molecule has 1 aromatic heterocycles. The van der Waals surface area contributed by atoms with Crippen LogP contribution in [0.5, 0.6) is 5.88 Å². The number of hydrogen-bond acceptors (Lipinski definition) is 6. The van der Waals surface area contributed by atoms with Gasteiger partial charge >= 0.3 is 12.1 Å². The molecule has 1 N–H and O–H groups in total. The third kappa shape index (κ3) is 4.27. The number of nitrogens with zero attached hydrogens (tertiary/aromatic N) is 3. The Hall–Kier alpha value is -2.51. The van der Waals surface area contributed by atoms with Crippen LogP contribution in [0, 0.1) is 0 Å². The van der Waals surface area contributed by atoms with Crippen LogP contribution in [0.3, 0.4) is 0 Å². The van der Waals surface area contributed by atoms with Crippen molar-refractivity contribution < 1.29 is 24.2 Å². The topological polar surface area (TPSA) is 92.2 Å². The molecule has 1 aliphatic heterocycles. The fourth-order valence-corrected chi connectivity index (χ4v) is 2.40. The van der Waals surface area contributed by atoms with Crippen LogP contribution in [0.4, 0.5) is 10.5 Å². The van der Waals surface area contributed by atoms with Gasteiger partial charge in [-0.2, -0.15) is 0 Å². The Balaban J connectivity index is 2.04. The average molecular weight is 337 g/mol. The summed E-state index contributed by atoms with van der Waals surface area (Å²) in [6, 6.07) is 3.12. The maximum Gasteiger partial charge on any atom is 0.410 e. The molecule has 8 heteroatoms. The maximum atomic E-state index is 12.1. The van der Waals surface area contributed by atoms with E-state index < -0.39 is 11.6 Å². The normalized spacial score (nSPS) is 15.2. The van der Waals surface area contributed by atoms with Crippen molar-refractivity contribution in [3.8, 4) is 5.88 Å². The second kappa shape index (κ2) is 6.94. The van der Waals surface area contributed by atoms with Gasteiger partial charge in [-0.3, -0.25) is 0 Å². The minimum Gasteiger partial charge on any atom is -0.480 e. The van der Waals surface area contributed by atoms with Crippen molar-refractivity contribution in [1.82, 2.24) is 9.88 Å². The first-order valence-corrected chi connectivity index (χ1v) is 7.72. The van der Waals surface area contributed by atoms with Gasteiger partial charge in [0.05, 0.1) is 7.11 Å². The number of carboxylic acid groups (broad SMARTS) is 1. The van der Waals surface area contributed by atoms with Crippen LogP contribution in [-0.2, 0) is 4.74 Å². The largest absolute Gasteiger partial charge is 0.480 e. The molecule has 0 unspecified atom stereocenters. The number of rotatable bonds is 3. The standard InChI is InChI=1S/C16H23N3O5/c1-16(2,3)24-15(22)19-9-7-18(8-10-19)12-6-5-11(14(20)21)17-13(12)23-4/h5-6H,7-10H2,1-4H3,(H,20,21). The van der Waals surface area contributed by atoms with Crippen molar-refractivity contribution in [3.05, 3.63) is 17.8 Å². The molecule has 0 atom stereocenters. The number of piperazine rings is 1. The number of ether oxygens (including phenoxy) is 2. The molecule has 1 aliphatic rings. The van der Waals surface area contributed by atoms with Gasteiger partial charge in [-0.25, -0.2) is 14.6 Å². The molecule has 132 valence electrons. The summed E-state index contributed by atoms with van der Waals surface area (Å²) >= 11 is 0. The van der Waals surface area contributed by atoms with Crippen LogP contribution in [0.1, 0.15) is 31.3 Å². The quantitative estimate of drug-likeness (QED) is 0.899. The maximum absolute atomic E-state index is 12.1. The number of carbonyl (C=O) groups is 2. The summed E-state index contributed by atoms with van der Waals surface area (Å²) in [6.45, 7) is 7.70. The van der Waals surface area contributed by atoms with Gasteiger partial charge in [0.25, 0.3) is 0 Å². The molecule has 1 saturated heterocycles. The smallest absolute Gasteiger partial charge is 0.410 e. The highest BCUT2D eigenvalue weighted by molar-refractivity contribution is 5.86. The van der Waals surface area contributed by atoms with Gasteiger partial charge in [0.15, 0.2) is 5.69 Å². The minimum absolute atomic E-state index is 0.0667. The SMILES string of the molecule is COc1nc(C(=O)O)ccc1N1CCN(C(=O)OC(C)(C)C)CC1. The molecule has 2 heterocycles. The van der Waals surface area contributed by atoms with Crippen LogP contribution in [0.25, 0.3) is 0 Å². The number of aromatic nitrogens is 1. The van der Waals surface area contributed by atoms with E-state index in [9.17, 15) is 9.59 Å². The van der Waals surface area contributed by atoms with Crippen molar-refractivity contribution in [2.45, 2.75) is 26.4 Å². The van der Waals surface area contributed by atoms with Crippen LogP contribution in [0.2, 0.25) is 0 Å². The van der Waals surface area contributed by atoms with Crippen molar-refractivity contribution >= 4 is 17.7 Å². The number of aromatic carboxylic acids is 1. The molecule has 0 aromatic carbocycles. The highest BCUT2D eigenvalue weighted by atomic mass is 16.6. The van der Waals surface area contributed by atoms with E-state index in [0.29, 0.717) is 31.9 Å². The molecule has 0 bridgehead atoms. The second-order valence-corrected chi connectivity index (χ2v) is 6.48. The lowest BCUT2D eigenvalue weighted by Crippen LogP contribution is -2.50. The van der Waals surface area contributed by atoms with Crippen LogP contribution >= 0.6 is 0 Å². The molecule has 1 aromatic rings. The van der Waals surface area contributed by atoms with E-state index in [0.717, 1.165) is 0 Å². The first-order valence-electron chi connectivity index (χ1n) is 7.72. The number of anilines is 1. The molecule has 8 nitrogen and oxygen atoms in total. The van der Waals surface area contributed by atoms with Crippen molar-refractivity contribution in [2.24, 2.45) is 0 Å². The predicted molar refractivity (Wildman–Crippen MR) is 87.8 cm³/mol. The molecular weight excluding hydrogens is 314 g/mol.